The third kappa shape index (κ3) is 9.69. The molecule has 41 heavy (non-hydrogen) atoms. The van der Waals surface area contributed by atoms with Crippen LogP contribution in [0, 0.1) is 31.1 Å². The van der Waals surface area contributed by atoms with Crippen molar-refractivity contribution in [3.63, 3.8) is 0 Å². The van der Waals surface area contributed by atoms with E-state index in [-0.39, 0.29) is 49.0 Å². The quantitative estimate of drug-likeness (QED) is 0.346. The Morgan fingerprint density at radius 1 is 1.10 bits per heavy atom. The van der Waals surface area contributed by atoms with Gasteiger partial charge in [-0.2, -0.15) is 0 Å². The van der Waals surface area contributed by atoms with Gasteiger partial charge in [0.15, 0.2) is 18.1 Å². The van der Waals surface area contributed by atoms with E-state index in [2.05, 4.69) is 11.2 Å². The van der Waals surface area contributed by atoms with Crippen molar-refractivity contribution in [2.45, 2.75) is 90.9 Å². The number of hydrogen-bond donors (Lipinski definition) is 1. The van der Waals surface area contributed by atoms with Crippen LogP contribution in [0.15, 0.2) is 13.6 Å². The molecular weight excluding hydrogens is 534 g/mol. The lowest BCUT2D eigenvalue weighted by molar-refractivity contribution is -0.150. The molecule has 12 heteroatoms. The number of nitrogens with one attached hydrogen (secondary N) is 1. The van der Waals surface area contributed by atoms with E-state index in [4.69, 9.17) is 24.7 Å². The Balaban J connectivity index is 1.44. The first-order chi connectivity index (χ1) is 19.4. The summed E-state index contributed by atoms with van der Waals surface area (Å²) in [5, 5.41) is 2.66. The Bertz CT molecular complexity index is 1180. The zero-order valence-corrected chi connectivity index (χ0v) is 24.4. The summed E-state index contributed by atoms with van der Waals surface area (Å²) in [7, 11) is 0. The van der Waals surface area contributed by atoms with Crippen LogP contribution in [0.5, 0.6) is 0 Å². The predicted molar refractivity (Wildman–Crippen MR) is 146 cm³/mol. The van der Waals surface area contributed by atoms with Crippen LogP contribution >= 0.6 is 0 Å². The molecule has 3 heterocycles. The molecule has 226 valence electrons. The molecule has 2 aliphatic heterocycles. The second-order valence-corrected chi connectivity index (χ2v) is 11.6. The summed E-state index contributed by atoms with van der Waals surface area (Å²) < 4.78 is 20.2. The second-order valence-electron chi connectivity index (χ2n) is 11.6. The predicted octanol–water partition coefficient (Wildman–Crippen LogP) is 2.76. The summed E-state index contributed by atoms with van der Waals surface area (Å²) in [6.07, 6.45) is 8.99. The average Bonchev–Trinajstić information content (AvgIpc) is 3.25. The van der Waals surface area contributed by atoms with Crippen molar-refractivity contribution in [1.29, 1.82) is 0 Å². The Labute approximate surface area is 240 Å². The van der Waals surface area contributed by atoms with E-state index < -0.39 is 29.4 Å². The van der Waals surface area contributed by atoms with E-state index in [0.717, 1.165) is 19.3 Å². The Morgan fingerprint density at radius 3 is 2.41 bits per heavy atom. The topological polar surface area (TPSA) is 149 Å². The van der Waals surface area contributed by atoms with Gasteiger partial charge >= 0.3 is 17.9 Å². The number of terminal acetylenes is 1. The molecule has 0 bridgehead atoms. The van der Waals surface area contributed by atoms with Crippen LogP contribution in [0.25, 0.3) is 0 Å². The normalized spacial score (nSPS) is 18.8. The van der Waals surface area contributed by atoms with Crippen LogP contribution in [-0.4, -0.2) is 71.5 Å². The average molecular weight is 576 g/mol. The fraction of sp³-hybridized carbons (Fsp3) is 0.690. The SMILES string of the molecule is C#CC[C@H](NC(=O)[C@@H]1CCCN(C(=O)CCC2CCN(C(=O)OC(C)(C)C)CC2)C1)C(=O)OCc1oc(=O)oc1C. The molecule has 0 saturated carbocycles. The molecule has 1 aromatic rings. The standard InChI is InChI=1S/C29H41N3O9/c1-6-8-22(26(35)38-18-23-19(2)39-28(37)40-23)30-25(34)21-9-7-14-32(17-21)24(33)11-10-20-12-15-31(16-13-20)27(36)41-29(3,4)5/h1,20-22H,7-18H2,2-5H3,(H,30,34)/t21-,22+/m1/s1. The Kier molecular flexibility index (Phi) is 11.0. The van der Waals surface area contributed by atoms with Gasteiger partial charge in [0.1, 0.15) is 11.6 Å². The number of hydrogen-bond acceptors (Lipinski definition) is 9. The summed E-state index contributed by atoms with van der Waals surface area (Å²) in [5.74, 6) is 0.449. The van der Waals surface area contributed by atoms with Gasteiger partial charge in [0.2, 0.25) is 11.8 Å². The van der Waals surface area contributed by atoms with Crippen molar-refractivity contribution in [3.05, 3.63) is 22.1 Å². The largest absolute Gasteiger partial charge is 0.519 e. The lowest BCUT2D eigenvalue weighted by Crippen LogP contribution is -2.49. The van der Waals surface area contributed by atoms with Crippen LogP contribution in [0.2, 0.25) is 0 Å². The molecule has 0 spiro atoms. The minimum atomic E-state index is -1.08. The maximum Gasteiger partial charge on any atom is 0.519 e. The minimum Gasteiger partial charge on any atom is -0.456 e. The summed E-state index contributed by atoms with van der Waals surface area (Å²) in [6.45, 7) is 8.75. The number of ether oxygens (including phenoxy) is 2. The van der Waals surface area contributed by atoms with E-state index >= 15 is 0 Å². The fourth-order valence-corrected chi connectivity index (χ4v) is 4.98. The molecule has 2 atom stereocenters. The molecule has 0 aliphatic carbocycles. The zero-order valence-electron chi connectivity index (χ0n) is 24.4. The number of amides is 3. The molecule has 2 saturated heterocycles. The molecule has 0 aromatic carbocycles. The summed E-state index contributed by atoms with van der Waals surface area (Å²) in [4.78, 5) is 65.5. The highest BCUT2D eigenvalue weighted by Gasteiger charge is 2.32. The van der Waals surface area contributed by atoms with E-state index in [1.807, 2.05) is 20.8 Å². The van der Waals surface area contributed by atoms with Crippen molar-refractivity contribution >= 4 is 23.9 Å². The number of rotatable bonds is 9. The fourth-order valence-electron chi connectivity index (χ4n) is 4.98. The van der Waals surface area contributed by atoms with Crippen molar-refractivity contribution in [2.75, 3.05) is 26.2 Å². The van der Waals surface area contributed by atoms with Gasteiger partial charge in [-0.1, -0.05) is 0 Å². The van der Waals surface area contributed by atoms with E-state index in [1.165, 1.54) is 6.92 Å². The number of carbonyl (C=O) groups is 4. The van der Waals surface area contributed by atoms with Crippen molar-refractivity contribution in [1.82, 2.24) is 15.1 Å². The van der Waals surface area contributed by atoms with Gasteiger partial charge in [0, 0.05) is 39.0 Å². The van der Waals surface area contributed by atoms with Crippen molar-refractivity contribution in [3.8, 4) is 12.3 Å². The third-order valence-corrected chi connectivity index (χ3v) is 7.28. The van der Waals surface area contributed by atoms with Gasteiger partial charge in [-0.3, -0.25) is 9.59 Å². The highest BCUT2D eigenvalue weighted by molar-refractivity contribution is 5.86. The number of aryl methyl sites for hydroxylation is 1. The second kappa shape index (κ2) is 14.2. The smallest absolute Gasteiger partial charge is 0.456 e. The van der Waals surface area contributed by atoms with Gasteiger partial charge < -0.3 is 33.4 Å². The first-order valence-corrected chi connectivity index (χ1v) is 14.1. The van der Waals surface area contributed by atoms with E-state index in [0.29, 0.717) is 44.8 Å². The highest BCUT2D eigenvalue weighted by atomic mass is 16.6. The number of esters is 1. The zero-order chi connectivity index (χ0) is 30.2. The number of likely N-dealkylation sites (tertiary alicyclic amines) is 2. The molecule has 12 nitrogen and oxygen atoms in total. The van der Waals surface area contributed by atoms with Gasteiger partial charge in [-0.25, -0.2) is 14.4 Å². The van der Waals surface area contributed by atoms with E-state index in [1.54, 1.807) is 9.80 Å². The van der Waals surface area contributed by atoms with Gasteiger partial charge in [-0.15, -0.1) is 12.3 Å². The first-order valence-electron chi connectivity index (χ1n) is 14.1. The van der Waals surface area contributed by atoms with Crippen molar-refractivity contribution in [2.24, 2.45) is 11.8 Å². The lowest BCUT2D eigenvalue weighted by Gasteiger charge is -2.35. The van der Waals surface area contributed by atoms with Crippen LogP contribution in [0.1, 0.15) is 77.2 Å². The molecule has 2 aliphatic rings. The molecule has 3 amide bonds. The minimum absolute atomic E-state index is 0.00590. The molecule has 0 radical (unpaired) electrons. The molecular formula is C29H41N3O9. The van der Waals surface area contributed by atoms with Gasteiger partial charge in [0.25, 0.3) is 0 Å². The van der Waals surface area contributed by atoms with Gasteiger partial charge in [-0.05, 0) is 65.7 Å². The summed E-state index contributed by atoms with van der Waals surface area (Å²) in [5.41, 5.74) is -0.532. The van der Waals surface area contributed by atoms with Crippen LogP contribution in [0.3, 0.4) is 0 Å². The van der Waals surface area contributed by atoms with Crippen LogP contribution in [-0.2, 0) is 30.5 Å². The number of carbonyl (C=O) groups excluding carboxylic acids is 4. The van der Waals surface area contributed by atoms with Crippen molar-refractivity contribution < 1.29 is 37.5 Å². The molecule has 3 rings (SSSR count). The molecule has 1 N–H and O–H groups in total. The first kappa shape index (κ1) is 31.8. The summed E-state index contributed by atoms with van der Waals surface area (Å²) in [6, 6.07) is -1.08. The molecule has 1 aromatic heterocycles. The molecule has 0 unspecified atom stereocenters. The maximum absolute atomic E-state index is 13.0. The van der Waals surface area contributed by atoms with Crippen LogP contribution < -0.4 is 11.1 Å². The number of piperidine rings is 2. The van der Waals surface area contributed by atoms with Gasteiger partial charge in [0.05, 0.1) is 5.92 Å². The maximum atomic E-state index is 13.0. The van der Waals surface area contributed by atoms with Crippen LogP contribution in [0.4, 0.5) is 4.79 Å². The highest BCUT2D eigenvalue weighted by Crippen LogP contribution is 2.25. The number of nitrogens with zero attached hydrogens (tertiary/aromatic N) is 2. The monoisotopic (exact) mass is 575 g/mol. The Hall–Kier alpha value is -3.75. The lowest BCUT2D eigenvalue weighted by atomic mass is 9.91. The third-order valence-electron chi connectivity index (χ3n) is 7.28. The van der Waals surface area contributed by atoms with E-state index in [9.17, 15) is 24.0 Å². The Morgan fingerprint density at radius 2 is 1.80 bits per heavy atom. The molecule has 2 fully saturated rings. The summed E-state index contributed by atoms with van der Waals surface area (Å²) >= 11 is 0.